The van der Waals surface area contributed by atoms with E-state index in [9.17, 15) is 9.50 Å². The third-order valence-corrected chi connectivity index (χ3v) is 3.92. The molecule has 1 unspecified atom stereocenters. The number of aliphatic hydroxyl groups excluding tert-OH is 1. The number of benzene rings is 2. The first-order chi connectivity index (χ1) is 10.1. The van der Waals surface area contributed by atoms with Crippen LogP contribution in [-0.4, -0.2) is 14.7 Å². The number of nitrogens with zero attached hydrogens (tertiary/aromatic N) is 2. The Bertz CT molecular complexity index is 780. The Balaban J connectivity index is 1.97. The number of hydrogen-bond donors (Lipinski definition) is 1. The van der Waals surface area contributed by atoms with Crippen molar-refractivity contribution in [1.82, 2.24) is 9.55 Å². The van der Waals surface area contributed by atoms with Gasteiger partial charge < -0.3 is 9.67 Å². The van der Waals surface area contributed by atoms with Gasteiger partial charge in [-0.15, -0.1) is 0 Å². The van der Waals surface area contributed by atoms with Gasteiger partial charge in [0.25, 0.3) is 0 Å². The van der Waals surface area contributed by atoms with Crippen molar-refractivity contribution in [3.8, 4) is 0 Å². The zero-order chi connectivity index (χ0) is 15.0. The highest BCUT2D eigenvalue weighted by atomic mass is 35.5. The van der Waals surface area contributed by atoms with Crippen molar-refractivity contribution < 1.29 is 9.50 Å². The van der Waals surface area contributed by atoms with Crippen LogP contribution in [-0.2, 0) is 13.5 Å². The standard InChI is InChI=1S/C16H14ClFN2O/c1-20-13-8-3-2-7-12(13)19-15(20)9-14(21)16-10(17)5-4-6-11(16)18/h2-8,14,21H,9H2,1H3. The maximum absolute atomic E-state index is 13.8. The molecule has 1 atom stereocenters. The molecule has 2 aromatic carbocycles. The van der Waals surface area contributed by atoms with Gasteiger partial charge in [0.15, 0.2) is 0 Å². The largest absolute Gasteiger partial charge is 0.388 e. The highest BCUT2D eigenvalue weighted by molar-refractivity contribution is 6.31. The Labute approximate surface area is 126 Å². The summed E-state index contributed by atoms with van der Waals surface area (Å²) >= 11 is 5.98. The summed E-state index contributed by atoms with van der Waals surface area (Å²) in [6.07, 6.45) is -0.833. The van der Waals surface area contributed by atoms with Crippen LogP contribution >= 0.6 is 11.6 Å². The Hall–Kier alpha value is -1.91. The van der Waals surface area contributed by atoms with Crippen molar-refractivity contribution in [2.75, 3.05) is 0 Å². The summed E-state index contributed by atoms with van der Waals surface area (Å²) < 4.78 is 15.7. The van der Waals surface area contributed by atoms with E-state index in [0.29, 0.717) is 5.82 Å². The lowest BCUT2D eigenvalue weighted by Crippen LogP contribution is -2.09. The van der Waals surface area contributed by atoms with E-state index in [2.05, 4.69) is 4.98 Å². The second kappa shape index (κ2) is 5.47. The van der Waals surface area contributed by atoms with E-state index >= 15 is 0 Å². The number of imidazole rings is 1. The van der Waals surface area contributed by atoms with E-state index in [1.165, 1.54) is 12.1 Å². The third-order valence-electron chi connectivity index (χ3n) is 3.59. The fraction of sp³-hybridized carbons (Fsp3) is 0.188. The lowest BCUT2D eigenvalue weighted by atomic mass is 10.1. The molecule has 0 radical (unpaired) electrons. The summed E-state index contributed by atoms with van der Waals surface area (Å²) in [5, 5.41) is 10.5. The molecule has 3 aromatic rings. The SMILES string of the molecule is Cn1c(CC(O)c2c(F)cccc2Cl)nc2ccccc21. The number of fused-ring (bicyclic) bond motifs is 1. The molecule has 21 heavy (non-hydrogen) atoms. The second-order valence-corrected chi connectivity index (χ2v) is 5.34. The van der Waals surface area contributed by atoms with Gasteiger partial charge in [-0.3, -0.25) is 0 Å². The summed E-state index contributed by atoms with van der Waals surface area (Å²) in [4.78, 5) is 4.47. The molecule has 0 spiro atoms. The molecule has 0 fully saturated rings. The molecule has 0 saturated carbocycles. The molecule has 108 valence electrons. The summed E-state index contributed by atoms with van der Waals surface area (Å²) in [6.45, 7) is 0. The lowest BCUT2D eigenvalue weighted by molar-refractivity contribution is 0.170. The number of para-hydroxylation sites is 2. The summed E-state index contributed by atoms with van der Waals surface area (Å²) in [6, 6.07) is 12.1. The highest BCUT2D eigenvalue weighted by Gasteiger charge is 2.19. The quantitative estimate of drug-likeness (QED) is 0.802. The predicted molar refractivity (Wildman–Crippen MR) is 80.8 cm³/mol. The number of halogens is 2. The highest BCUT2D eigenvalue weighted by Crippen LogP contribution is 2.28. The monoisotopic (exact) mass is 304 g/mol. The summed E-state index contributed by atoms with van der Waals surface area (Å²) in [5.41, 5.74) is 1.94. The van der Waals surface area contributed by atoms with Gasteiger partial charge in [-0.25, -0.2) is 9.37 Å². The number of hydrogen-bond acceptors (Lipinski definition) is 2. The van der Waals surface area contributed by atoms with Crippen LogP contribution in [0.3, 0.4) is 0 Å². The molecule has 0 bridgehead atoms. The number of aromatic nitrogens is 2. The Kier molecular flexibility index (Phi) is 3.66. The fourth-order valence-electron chi connectivity index (χ4n) is 2.48. The maximum Gasteiger partial charge on any atom is 0.130 e. The summed E-state index contributed by atoms with van der Waals surface area (Å²) in [5.74, 6) is 0.178. The zero-order valence-electron chi connectivity index (χ0n) is 11.4. The first-order valence-electron chi connectivity index (χ1n) is 6.60. The fourth-order valence-corrected chi connectivity index (χ4v) is 2.77. The molecule has 0 aliphatic carbocycles. The lowest BCUT2D eigenvalue weighted by Gasteiger charge is -2.13. The summed E-state index contributed by atoms with van der Waals surface area (Å²) in [7, 11) is 1.88. The molecule has 5 heteroatoms. The van der Waals surface area contributed by atoms with Crippen molar-refractivity contribution in [2.45, 2.75) is 12.5 Å². The van der Waals surface area contributed by atoms with Crippen molar-refractivity contribution in [2.24, 2.45) is 7.05 Å². The van der Waals surface area contributed by atoms with Gasteiger partial charge in [0, 0.05) is 24.1 Å². The number of aliphatic hydroxyl groups is 1. The minimum absolute atomic E-state index is 0.117. The van der Waals surface area contributed by atoms with Gasteiger partial charge in [0.2, 0.25) is 0 Å². The Morgan fingerprint density at radius 3 is 2.71 bits per heavy atom. The predicted octanol–water partition coefficient (Wildman–Crippen LogP) is 3.64. The van der Waals surface area contributed by atoms with E-state index in [-0.39, 0.29) is 17.0 Å². The van der Waals surface area contributed by atoms with E-state index in [4.69, 9.17) is 11.6 Å². The maximum atomic E-state index is 13.8. The van der Waals surface area contributed by atoms with Crippen molar-refractivity contribution in [1.29, 1.82) is 0 Å². The molecular formula is C16H14ClFN2O. The average Bonchev–Trinajstić information content (AvgIpc) is 2.76. The minimum atomic E-state index is -1.03. The van der Waals surface area contributed by atoms with Crippen LogP contribution in [0.1, 0.15) is 17.5 Å². The van der Waals surface area contributed by atoms with Crippen molar-refractivity contribution >= 4 is 22.6 Å². The van der Waals surface area contributed by atoms with E-state index in [0.717, 1.165) is 11.0 Å². The topological polar surface area (TPSA) is 38.0 Å². The molecule has 0 saturated heterocycles. The molecule has 0 aliphatic heterocycles. The molecule has 0 amide bonds. The van der Waals surface area contributed by atoms with Crippen molar-refractivity contribution in [3.05, 3.63) is 64.7 Å². The van der Waals surface area contributed by atoms with Crippen LogP contribution in [0.4, 0.5) is 4.39 Å². The van der Waals surface area contributed by atoms with Crippen LogP contribution in [0.5, 0.6) is 0 Å². The molecule has 1 aromatic heterocycles. The van der Waals surface area contributed by atoms with Gasteiger partial charge in [-0.1, -0.05) is 29.8 Å². The Morgan fingerprint density at radius 2 is 2.00 bits per heavy atom. The van der Waals surface area contributed by atoms with Gasteiger partial charge in [-0.05, 0) is 24.3 Å². The number of rotatable bonds is 3. The Morgan fingerprint density at radius 1 is 1.24 bits per heavy atom. The van der Waals surface area contributed by atoms with E-state index in [1.54, 1.807) is 6.07 Å². The van der Waals surface area contributed by atoms with Gasteiger partial charge in [0.1, 0.15) is 11.6 Å². The number of aryl methyl sites for hydroxylation is 1. The molecular weight excluding hydrogens is 291 g/mol. The molecule has 0 aliphatic rings. The molecule has 3 nitrogen and oxygen atoms in total. The molecule has 3 rings (SSSR count). The normalized spacial score (nSPS) is 12.8. The van der Waals surface area contributed by atoms with Crippen LogP contribution in [0.15, 0.2) is 42.5 Å². The van der Waals surface area contributed by atoms with Gasteiger partial charge >= 0.3 is 0 Å². The van der Waals surface area contributed by atoms with Gasteiger partial charge in [0.05, 0.1) is 17.1 Å². The van der Waals surface area contributed by atoms with Crippen LogP contribution in [0.25, 0.3) is 11.0 Å². The van der Waals surface area contributed by atoms with E-state index < -0.39 is 11.9 Å². The van der Waals surface area contributed by atoms with Crippen LogP contribution in [0.2, 0.25) is 5.02 Å². The zero-order valence-corrected chi connectivity index (χ0v) is 12.2. The van der Waals surface area contributed by atoms with E-state index in [1.807, 2.05) is 35.9 Å². The van der Waals surface area contributed by atoms with Crippen LogP contribution < -0.4 is 0 Å². The first-order valence-corrected chi connectivity index (χ1v) is 6.98. The smallest absolute Gasteiger partial charge is 0.130 e. The average molecular weight is 305 g/mol. The molecule has 1 heterocycles. The van der Waals surface area contributed by atoms with Crippen molar-refractivity contribution in [3.63, 3.8) is 0 Å². The second-order valence-electron chi connectivity index (χ2n) is 4.93. The first kappa shape index (κ1) is 14.0. The minimum Gasteiger partial charge on any atom is -0.388 e. The van der Waals surface area contributed by atoms with Crippen LogP contribution in [0, 0.1) is 5.82 Å². The van der Waals surface area contributed by atoms with Gasteiger partial charge in [-0.2, -0.15) is 0 Å². The third kappa shape index (κ3) is 2.52. The molecule has 1 N–H and O–H groups in total.